The molecule has 0 aliphatic carbocycles. The molecule has 0 radical (unpaired) electrons. The summed E-state index contributed by atoms with van der Waals surface area (Å²) in [4.78, 5) is 0. The van der Waals surface area contributed by atoms with E-state index < -0.39 is 0 Å². The summed E-state index contributed by atoms with van der Waals surface area (Å²) in [7, 11) is 0. The van der Waals surface area contributed by atoms with Crippen LogP contribution in [0.5, 0.6) is 0 Å². The van der Waals surface area contributed by atoms with Gasteiger partial charge in [0, 0.05) is 6.42 Å². The van der Waals surface area contributed by atoms with Crippen LogP contribution >= 0.6 is 0 Å². The van der Waals surface area contributed by atoms with Crippen LogP contribution in [0.15, 0.2) is 0 Å². The number of hydrogen-bond acceptors (Lipinski definition) is 2. The van der Waals surface area contributed by atoms with Crippen molar-refractivity contribution in [1.29, 1.82) is 0 Å². The first kappa shape index (κ1) is 15.0. The standard InChI is InChI=1S/C15H30O2/c1-7-14(3,4)10-12-9-13(17-11-16-12)15(5,6)8-2/h12-13H,7-11H2,1-6H3. The predicted octanol–water partition coefficient (Wildman–Crippen LogP) is 4.38. The second-order valence-electron chi connectivity index (χ2n) is 6.86. The molecule has 2 atom stereocenters. The molecular formula is C15H30O2. The molecule has 0 N–H and O–H groups in total. The van der Waals surface area contributed by atoms with Crippen LogP contribution in [0.4, 0.5) is 0 Å². The lowest BCUT2D eigenvalue weighted by molar-refractivity contribution is -0.208. The number of ether oxygens (including phenoxy) is 2. The van der Waals surface area contributed by atoms with Gasteiger partial charge in [0.1, 0.15) is 6.79 Å². The van der Waals surface area contributed by atoms with Crippen molar-refractivity contribution >= 4 is 0 Å². The van der Waals surface area contributed by atoms with E-state index in [-0.39, 0.29) is 5.41 Å². The summed E-state index contributed by atoms with van der Waals surface area (Å²) in [6, 6.07) is 0. The molecule has 1 rings (SSSR count). The molecule has 2 heteroatoms. The summed E-state index contributed by atoms with van der Waals surface area (Å²) >= 11 is 0. The van der Waals surface area contributed by atoms with Crippen LogP contribution in [-0.4, -0.2) is 19.0 Å². The van der Waals surface area contributed by atoms with E-state index in [2.05, 4.69) is 41.5 Å². The Hall–Kier alpha value is -0.0800. The zero-order valence-electron chi connectivity index (χ0n) is 12.5. The minimum absolute atomic E-state index is 0.262. The third kappa shape index (κ3) is 4.26. The Bertz CT molecular complexity index is 233. The average Bonchev–Trinajstić information content (AvgIpc) is 2.29. The zero-order chi connectivity index (χ0) is 13.1. The molecule has 0 aromatic carbocycles. The third-order valence-corrected chi connectivity index (χ3v) is 4.57. The normalized spacial score (nSPS) is 27.2. The van der Waals surface area contributed by atoms with Crippen LogP contribution in [0.25, 0.3) is 0 Å². The van der Waals surface area contributed by atoms with E-state index in [0.717, 1.165) is 19.3 Å². The van der Waals surface area contributed by atoms with Crippen molar-refractivity contribution in [3.8, 4) is 0 Å². The van der Waals surface area contributed by atoms with Crippen LogP contribution in [0, 0.1) is 10.8 Å². The van der Waals surface area contributed by atoms with Gasteiger partial charge in [-0.3, -0.25) is 0 Å². The van der Waals surface area contributed by atoms with Gasteiger partial charge in [0.15, 0.2) is 0 Å². The van der Waals surface area contributed by atoms with Crippen molar-refractivity contribution in [2.24, 2.45) is 10.8 Å². The van der Waals surface area contributed by atoms with Gasteiger partial charge in [0.05, 0.1) is 12.2 Å². The van der Waals surface area contributed by atoms with Crippen molar-refractivity contribution in [2.45, 2.75) is 79.4 Å². The van der Waals surface area contributed by atoms with Gasteiger partial charge in [0.25, 0.3) is 0 Å². The van der Waals surface area contributed by atoms with Crippen molar-refractivity contribution in [3.63, 3.8) is 0 Å². The van der Waals surface area contributed by atoms with Crippen LogP contribution in [-0.2, 0) is 9.47 Å². The van der Waals surface area contributed by atoms with Gasteiger partial charge in [-0.1, -0.05) is 48.0 Å². The fourth-order valence-corrected chi connectivity index (χ4v) is 2.27. The van der Waals surface area contributed by atoms with E-state index in [1.165, 1.54) is 6.42 Å². The van der Waals surface area contributed by atoms with E-state index >= 15 is 0 Å². The Kier molecular flexibility index (Phi) is 5.03. The first-order valence-electron chi connectivity index (χ1n) is 7.04. The molecule has 0 amide bonds. The molecule has 1 heterocycles. The van der Waals surface area contributed by atoms with Gasteiger partial charge in [0.2, 0.25) is 0 Å². The lowest BCUT2D eigenvalue weighted by atomic mass is 9.77. The zero-order valence-corrected chi connectivity index (χ0v) is 12.5. The van der Waals surface area contributed by atoms with Crippen LogP contribution < -0.4 is 0 Å². The molecule has 0 aromatic rings. The largest absolute Gasteiger partial charge is 0.352 e. The minimum atomic E-state index is 0.262. The molecule has 0 bridgehead atoms. The maximum absolute atomic E-state index is 5.79. The second-order valence-corrected chi connectivity index (χ2v) is 6.86. The minimum Gasteiger partial charge on any atom is -0.352 e. The lowest BCUT2D eigenvalue weighted by Crippen LogP contribution is -2.41. The SMILES string of the molecule is CCC(C)(C)CC1CC(C(C)(C)CC)OCO1. The molecule has 0 spiro atoms. The van der Waals surface area contributed by atoms with Gasteiger partial charge in [-0.05, 0) is 23.7 Å². The molecular weight excluding hydrogens is 212 g/mol. The second kappa shape index (κ2) is 5.71. The summed E-state index contributed by atoms with van der Waals surface area (Å²) in [5.74, 6) is 0. The molecule has 0 saturated carbocycles. The summed E-state index contributed by atoms with van der Waals surface area (Å²) < 4.78 is 11.6. The predicted molar refractivity (Wildman–Crippen MR) is 72.0 cm³/mol. The maximum atomic E-state index is 5.79. The summed E-state index contributed by atoms with van der Waals surface area (Å²) in [5, 5.41) is 0. The van der Waals surface area contributed by atoms with E-state index in [1.807, 2.05) is 0 Å². The average molecular weight is 242 g/mol. The first-order valence-corrected chi connectivity index (χ1v) is 7.04. The van der Waals surface area contributed by atoms with Crippen molar-refractivity contribution in [3.05, 3.63) is 0 Å². The molecule has 0 aromatic heterocycles. The van der Waals surface area contributed by atoms with Crippen molar-refractivity contribution in [1.82, 2.24) is 0 Å². The van der Waals surface area contributed by atoms with E-state index in [4.69, 9.17) is 9.47 Å². The lowest BCUT2D eigenvalue weighted by Gasteiger charge is -2.41. The van der Waals surface area contributed by atoms with E-state index in [1.54, 1.807) is 0 Å². The third-order valence-electron chi connectivity index (χ3n) is 4.57. The van der Waals surface area contributed by atoms with Crippen molar-refractivity contribution in [2.75, 3.05) is 6.79 Å². The van der Waals surface area contributed by atoms with Gasteiger partial charge >= 0.3 is 0 Å². The quantitative estimate of drug-likeness (QED) is 0.712. The molecule has 2 unspecified atom stereocenters. The molecule has 1 saturated heterocycles. The monoisotopic (exact) mass is 242 g/mol. The summed E-state index contributed by atoms with van der Waals surface area (Å²) in [6.07, 6.45) is 5.26. The van der Waals surface area contributed by atoms with Gasteiger partial charge in [-0.15, -0.1) is 0 Å². The fourth-order valence-electron chi connectivity index (χ4n) is 2.27. The molecule has 17 heavy (non-hydrogen) atoms. The Morgan fingerprint density at radius 1 is 1.00 bits per heavy atom. The maximum Gasteiger partial charge on any atom is 0.147 e. The molecule has 2 nitrogen and oxygen atoms in total. The smallest absolute Gasteiger partial charge is 0.147 e. The number of hydrogen-bond donors (Lipinski definition) is 0. The van der Waals surface area contributed by atoms with Gasteiger partial charge in [-0.2, -0.15) is 0 Å². The highest BCUT2D eigenvalue weighted by Crippen LogP contribution is 2.37. The fraction of sp³-hybridized carbons (Fsp3) is 1.00. The molecule has 1 fully saturated rings. The van der Waals surface area contributed by atoms with E-state index in [0.29, 0.717) is 24.4 Å². The Labute approximate surface area is 107 Å². The summed E-state index contributed by atoms with van der Waals surface area (Å²) in [5.41, 5.74) is 0.640. The summed E-state index contributed by atoms with van der Waals surface area (Å²) in [6.45, 7) is 14.2. The highest BCUT2D eigenvalue weighted by Gasteiger charge is 2.35. The van der Waals surface area contributed by atoms with Gasteiger partial charge < -0.3 is 9.47 Å². The van der Waals surface area contributed by atoms with Crippen molar-refractivity contribution < 1.29 is 9.47 Å². The highest BCUT2D eigenvalue weighted by molar-refractivity contribution is 4.84. The first-order chi connectivity index (χ1) is 7.80. The van der Waals surface area contributed by atoms with Crippen LogP contribution in [0.2, 0.25) is 0 Å². The molecule has 1 aliphatic rings. The molecule has 102 valence electrons. The van der Waals surface area contributed by atoms with Gasteiger partial charge in [-0.25, -0.2) is 0 Å². The Balaban J connectivity index is 2.55. The van der Waals surface area contributed by atoms with E-state index in [9.17, 15) is 0 Å². The number of rotatable bonds is 5. The highest BCUT2D eigenvalue weighted by atomic mass is 16.7. The Morgan fingerprint density at radius 3 is 2.18 bits per heavy atom. The topological polar surface area (TPSA) is 18.5 Å². The Morgan fingerprint density at radius 2 is 1.65 bits per heavy atom. The van der Waals surface area contributed by atoms with Crippen LogP contribution in [0.1, 0.15) is 67.2 Å². The molecule has 1 aliphatic heterocycles. The van der Waals surface area contributed by atoms with Crippen LogP contribution in [0.3, 0.4) is 0 Å².